The molecule has 0 aromatic carbocycles. The first-order valence-corrected chi connectivity index (χ1v) is 5.52. The lowest BCUT2D eigenvalue weighted by molar-refractivity contribution is 0.467. The van der Waals surface area contributed by atoms with Gasteiger partial charge in [-0.2, -0.15) is 0 Å². The fourth-order valence-electron chi connectivity index (χ4n) is 1.50. The standard InChI is InChI=1S/C11H21N3/c1-3-4-5-6-13-11(2)9-14-8-7-12-10-14/h7-8,10-11,13H,3-6,9H2,1-2H3. The molecule has 1 rings (SSSR count). The van der Waals surface area contributed by atoms with E-state index < -0.39 is 0 Å². The van der Waals surface area contributed by atoms with Crippen molar-refractivity contribution >= 4 is 0 Å². The summed E-state index contributed by atoms with van der Waals surface area (Å²) in [5.74, 6) is 0. The Bertz CT molecular complexity index is 218. The van der Waals surface area contributed by atoms with Gasteiger partial charge in [-0.15, -0.1) is 0 Å². The summed E-state index contributed by atoms with van der Waals surface area (Å²) in [5.41, 5.74) is 0. The average Bonchev–Trinajstić information content (AvgIpc) is 2.65. The van der Waals surface area contributed by atoms with Crippen molar-refractivity contribution in [2.75, 3.05) is 6.54 Å². The van der Waals surface area contributed by atoms with Crippen molar-refractivity contribution < 1.29 is 0 Å². The van der Waals surface area contributed by atoms with Gasteiger partial charge in [0.25, 0.3) is 0 Å². The number of nitrogens with zero attached hydrogens (tertiary/aromatic N) is 2. The second-order valence-corrected chi connectivity index (χ2v) is 3.82. The molecule has 3 heteroatoms. The molecule has 0 saturated carbocycles. The van der Waals surface area contributed by atoms with Crippen LogP contribution in [0.25, 0.3) is 0 Å². The highest BCUT2D eigenvalue weighted by Gasteiger charge is 2.00. The first-order valence-electron chi connectivity index (χ1n) is 5.52. The minimum absolute atomic E-state index is 0.529. The van der Waals surface area contributed by atoms with E-state index in [9.17, 15) is 0 Å². The first-order chi connectivity index (χ1) is 6.83. The molecular formula is C11H21N3. The smallest absolute Gasteiger partial charge is 0.0946 e. The van der Waals surface area contributed by atoms with E-state index in [4.69, 9.17) is 0 Å². The SMILES string of the molecule is CCCCCNC(C)Cn1ccnc1. The van der Waals surface area contributed by atoms with Gasteiger partial charge in [-0.25, -0.2) is 4.98 Å². The Kier molecular flexibility index (Phi) is 5.30. The first kappa shape index (κ1) is 11.2. The van der Waals surface area contributed by atoms with E-state index in [2.05, 4.69) is 28.7 Å². The van der Waals surface area contributed by atoms with Crippen LogP contribution in [-0.2, 0) is 6.54 Å². The highest BCUT2D eigenvalue weighted by Crippen LogP contribution is 1.94. The molecular weight excluding hydrogens is 174 g/mol. The average molecular weight is 195 g/mol. The summed E-state index contributed by atoms with van der Waals surface area (Å²) in [6.45, 7) is 6.58. The third kappa shape index (κ3) is 4.42. The molecule has 0 radical (unpaired) electrons. The molecule has 0 saturated heterocycles. The topological polar surface area (TPSA) is 29.9 Å². The van der Waals surface area contributed by atoms with Gasteiger partial charge in [0.05, 0.1) is 6.33 Å². The Balaban J connectivity index is 2.07. The summed E-state index contributed by atoms with van der Waals surface area (Å²) >= 11 is 0. The molecule has 1 atom stereocenters. The Hall–Kier alpha value is -0.830. The van der Waals surface area contributed by atoms with E-state index in [1.165, 1.54) is 19.3 Å². The Labute approximate surface area is 86.5 Å². The molecule has 0 aliphatic heterocycles. The van der Waals surface area contributed by atoms with Gasteiger partial charge in [-0.3, -0.25) is 0 Å². The maximum absolute atomic E-state index is 4.02. The van der Waals surface area contributed by atoms with Gasteiger partial charge in [-0.1, -0.05) is 19.8 Å². The largest absolute Gasteiger partial charge is 0.336 e. The lowest BCUT2D eigenvalue weighted by atomic mass is 10.2. The van der Waals surface area contributed by atoms with Crippen LogP contribution in [0.2, 0.25) is 0 Å². The number of unbranched alkanes of at least 4 members (excludes halogenated alkanes) is 2. The van der Waals surface area contributed by atoms with Gasteiger partial charge in [0.1, 0.15) is 0 Å². The third-order valence-corrected chi connectivity index (χ3v) is 2.32. The monoisotopic (exact) mass is 195 g/mol. The van der Waals surface area contributed by atoms with E-state index >= 15 is 0 Å². The van der Waals surface area contributed by atoms with Crippen LogP contribution in [0, 0.1) is 0 Å². The third-order valence-electron chi connectivity index (χ3n) is 2.32. The normalized spacial score (nSPS) is 13.0. The quantitative estimate of drug-likeness (QED) is 0.675. The fourth-order valence-corrected chi connectivity index (χ4v) is 1.50. The summed E-state index contributed by atoms with van der Waals surface area (Å²) in [6.07, 6.45) is 9.59. The van der Waals surface area contributed by atoms with Crippen LogP contribution in [0.5, 0.6) is 0 Å². The molecule has 0 bridgehead atoms. The molecule has 80 valence electrons. The van der Waals surface area contributed by atoms with E-state index in [-0.39, 0.29) is 0 Å². The van der Waals surface area contributed by atoms with Crippen molar-refractivity contribution in [3.05, 3.63) is 18.7 Å². The highest BCUT2D eigenvalue weighted by atomic mass is 15.1. The minimum Gasteiger partial charge on any atom is -0.336 e. The van der Waals surface area contributed by atoms with Crippen molar-refractivity contribution in [1.29, 1.82) is 0 Å². The maximum Gasteiger partial charge on any atom is 0.0946 e. The summed E-state index contributed by atoms with van der Waals surface area (Å²) in [6, 6.07) is 0.529. The second kappa shape index (κ2) is 6.60. The molecule has 1 aromatic heterocycles. The molecule has 0 aliphatic rings. The molecule has 1 N–H and O–H groups in total. The Morgan fingerprint density at radius 1 is 1.43 bits per heavy atom. The zero-order valence-corrected chi connectivity index (χ0v) is 9.24. The molecule has 0 spiro atoms. The molecule has 0 aliphatic carbocycles. The van der Waals surface area contributed by atoms with Gasteiger partial charge in [0.15, 0.2) is 0 Å². The molecule has 14 heavy (non-hydrogen) atoms. The van der Waals surface area contributed by atoms with Crippen LogP contribution in [0.15, 0.2) is 18.7 Å². The number of aromatic nitrogens is 2. The summed E-state index contributed by atoms with van der Waals surface area (Å²) in [4.78, 5) is 4.02. The van der Waals surface area contributed by atoms with Crippen LogP contribution in [0.1, 0.15) is 33.1 Å². The number of nitrogens with one attached hydrogen (secondary N) is 1. The van der Waals surface area contributed by atoms with Crippen molar-refractivity contribution in [2.24, 2.45) is 0 Å². The number of hydrogen-bond acceptors (Lipinski definition) is 2. The van der Waals surface area contributed by atoms with Gasteiger partial charge < -0.3 is 9.88 Å². The Morgan fingerprint density at radius 3 is 2.93 bits per heavy atom. The van der Waals surface area contributed by atoms with Crippen LogP contribution in [0.4, 0.5) is 0 Å². The van der Waals surface area contributed by atoms with Gasteiger partial charge in [0.2, 0.25) is 0 Å². The number of rotatable bonds is 7. The van der Waals surface area contributed by atoms with E-state index in [0.29, 0.717) is 6.04 Å². The summed E-state index contributed by atoms with van der Waals surface area (Å²) < 4.78 is 2.11. The Morgan fingerprint density at radius 2 is 2.29 bits per heavy atom. The highest BCUT2D eigenvalue weighted by molar-refractivity contribution is 4.76. The van der Waals surface area contributed by atoms with E-state index in [1.807, 2.05) is 18.7 Å². The lowest BCUT2D eigenvalue weighted by Crippen LogP contribution is -2.30. The van der Waals surface area contributed by atoms with Crippen molar-refractivity contribution in [2.45, 2.75) is 45.7 Å². The maximum atomic E-state index is 4.02. The molecule has 1 aromatic rings. The zero-order chi connectivity index (χ0) is 10.2. The summed E-state index contributed by atoms with van der Waals surface area (Å²) in [5, 5.41) is 3.51. The fraction of sp³-hybridized carbons (Fsp3) is 0.727. The molecule has 3 nitrogen and oxygen atoms in total. The van der Waals surface area contributed by atoms with E-state index in [0.717, 1.165) is 13.1 Å². The van der Waals surface area contributed by atoms with E-state index in [1.54, 1.807) is 0 Å². The van der Waals surface area contributed by atoms with Crippen LogP contribution in [-0.4, -0.2) is 22.1 Å². The van der Waals surface area contributed by atoms with Gasteiger partial charge >= 0.3 is 0 Å². The zero-order valence-electron chi connectivity index (χ0n) is 9.24. The predicted octanol–water partition coefficient (Wildman–Crippen LogP) is 2.05. The summed E-state index contributed by atoms with van der Waals surface area (Å²) in [7, 11) is 0. The minimum atomic E-state index is 0.529. The van der Waals surface area contributed by atoms with Crippen LogP contribution >= 0.6 is 0 Å². The lowest BCUT2D eigenvalue weighted by Gasteiger charge is -2.13. The van der Waals surface area contributed by atoms with Gasteiger partial charge in [-0.05, 0) is 19.9 Å². The van der Waals surface area contributed by atoms with Gasteiger partial charge in [0, 0.05) is 25.0 Å². The van der Waals surface area contributed by atoms with Crippen LogP contribution < -0.4 is 5.32 Å². The second-order valence-electron chi connectivity index (χ2n) is 3.82. The molecule has 1 heterocycles. The number of imidazole rings is 1. The van der Waals surface area contributed by atoms with Crippen molar-refractivity contribution in [3.8, 4) is 0 Å². The predicted molar refractivity (Wildman–Crippen MR) is 59.2 cm³/mol. The molecule has 1 unspecified atom stereocenters. The van der Waals surface area contributed by atoms with Crippen molar-refractivity contribution in [1.82, 2.24) is 14.9 Å². The molecule has 0 amide bonds. The van der Waals surface area contributed by atoms with Crippen molar-refractivity contribution in [3.63, 3.8) is 0 Å². The molecule has 0 fully saturated rings. The number of hydrogen-bond donors (Lipinski definition) is 1. The van der Waals surface area contributed by atoms with Crippen LogP contribution in [0.3, 0.4) is 0 Å².